The van der Waals surface area contributed by atoms with Gasteiger partial charge in [0.2, 0.25) is 0 Å². The number of esters is 1. The lowest BCUT2D eigenvalue weighted by Crippen LogP contribution is -2.11. The van der Waals surface area contributed by atoms with Crippen LogP contribution in [-0.4, -0.2) is 23.0 Å². The lowest BCUT2D eigenvalue weighted by Gasteiger charge is -2.12. The highest BCUT2D eigenvalue weighted by Gasteiger charge is 2.23. The maximum absolute atomic E-state index is 14.5. The Balaban J connectivity index is 2.09. The van der Waals surface area contributed by atoms with Gasteiger partial charge in [0, 0.05) is 0 Å². The number of furan rings is 1. The van der Waals surface area contributed by atoms with Crippen LogP contribution in [0.15, 0.2) is 34.9 Å². The van der Waals surface area contributed by atoms with E-state index in [1.165, 1.54) is 25.5 Å². The summed E-state index contributed by atoms with van der Waals surface area (Å²) in [6.07, 6.45) is 1.51. The van der Waals surface area contributed by atoms with Gasteiger partial charge < -0.3 is 14.5 Å². The van der Waals surface area contributed by atoms with Crippen molar-refractivity contribution in [2.24, 2.45) is 0 Å². The van der Waals surface area contributed by atoms with E-state index in [4.69, 9.17) is 39.2 Å². The minimum Gasteiger partial charge on any atom is -0.467 e. The Morgan fingerprint density at radius 1 is 1.22 bits per heavy atom. The Bertz CT molecular complexity index is 997. The van der Waals surface area contributed by atoms with E-state index in [1.807, 2.05) is 0 Å². The van der Waals surface area contributed by atoms with E-state index in [2.05, 4.69) is 20.0 Å². The molecule has 1 N–H and O–H groups in total. The molecule has 0 saturated heterocycles. The highest BCUT2D eigenvalue weighted by molar-refractivity contribution is 6.42. The van der Waals surface area contributed by atoms with Crippen LogP contribution in [0.2, 0.25) is 15.1 Å². The highest BCUT2D eigenvalue weighted by atomic mass is 35.5. The van der Waals surface area contributed by atoms with E-state index < -0.39 is 11.8 Å². The fourth-order valence-electron chi connectivity index (χ4n) is 2.20. The fourth-order valence-corrected chi connectivity index (χ4v) is 2.74. The molecule has 0 aliphatic heterocycles. The van der Waals surface area contributed by atoms with Gasteiger partial charge in [0.05, 0.1) is 35.5 Å². The number of halogens is 4. The van der Waals surface area contributed by atoms with Gasteiger partial charge in [0.15, 0.2) is 17.3 Å². The first-order valence-corrected chi connectivity index (χ1v) is 8.61. The van der Waals surface area contributed by atoms with Crippen LogP contribution in [0.1, 0.15) is 16.2 Å². The van der Waals surface area contributed by atoms with E-state index in [0.29, 0.717) is 5.76 Å². The summed E-state index contributed by atoms with van der Waals surface area (Å²) in [7, 11) is 1.18. The topological polar surface area (TPSA) is 77.2 Å². The summed E-state index contributed by atoms with van der Waals surface area (Å²) in [6.45, 7) is 0.230. The predicted octanol–water partition coefficient (Wildman–Crippen LogP) is 5.23. The molecule has 0 bridgehead atoms. The van der Waals surface area contributed by atoms with Crippen molar-refractivity contribution in [1.82, 2.24) is 9.97 Å². The van der Waals surface area contributed by atoms with Crippen molar-refractivity contribution in [2.75, 3.05) is 12.4 Å². The van der Waals surface area contributed by atoms with Gasteiger partial charge >= 0.3 is 5.97 Å². The first-order valence-electron chi connectivity index (χ1n) is 7.48. The number of hydrogen-bond donors (Lipinski definition) is 1. The summed E-state index contributed by atoms with van der Waals surface area (Å²) in [4.78, 5) is 20.3. The average Bonchev–Trinajstić information content (AvgIpc) is 3.18. The Hall–Kier alpha value is -2.35. The van der Waals surface area contributed by atoms with Gasteiger partial charge in [-0.25, -0.2) is 19.2 Å². The number of nitrogens with one attached hydrogen (secondary N) is 1. The number of benzene rings is 1. The third-order valence-corrected chi connectivity index (χ3v) is 4.66. The molecule has 3 aromatic rings. The van der Waals surface area contributed by atoms with Crippen molar-refractivity contribution in [2.45, 2.75) is 6.54 Å². The van der Waals surface area contributed by atoms with Crippen molar-refractivity contribution >= 4 is 46.6 Å². The maximum Gasteiger partial charge on any atom is 0.358 e. The quantitative estimate of drug-likeness (QED) is 0.441. The number of anilines is 1. The molecule has 0 aliphatic carbocycles. The number of rotatable bonds is 5. The third-order valence-electron chi connectivity index (χ3n) is 3.52. The molecule has 0 fully saturated rings. The van der Waals surface area contributed by atoms with Crippen LogP contribution in [0.4, 0.5) is 10.2 Å². The van der Waals surface area contributed by atoms with E-state index in [1.54, 1.807) is 12.1 Å². The largest absolute Gasteiger partial charge is 0.467 e. The van der Waals surface area contributed by atoms with Crippen molar-refractivity contribution in [3.63, 3.8) is 0 Å². The maximum atomic E-state index is 14.5. The second-order valence-electron chi connectivity index (χ2n) is 5.21. The number of ether oxygens (including phenoxy) is 1. The number of carbonyl (C=O) groups is 1. The second-order valence-corrected chi connectivity index (χ2v) is 6.37. The molecule has 0 spiro atoms. The van der Waals surface area contributed by atoms with E-state index in [9.17, 15) is 9.18 Å². The van der Waals surface area contributed by atoms with E-state index >= 15 is 0 Å². The number of carbonyl (C=O) groups excluding carboxylic acids is 1. The monoisotopic (exact) mass is 429 g/mol. The summed E-state index contributed by atoms with van der Waals surface area (Å²) in [6, 6.07) is 6.20. The lowest BCUT2D eigenvalue weighted by molar-refractivity contribution is 0.0594. The van der Waals surface area contributed by atoms with Crippen LogP contribution in [0.5, 0.6) is 0 Å². The van der Waals surface area contributed by atoms with Gasteiger partial charge in [0.1, 0.15) is 16.6 Å². The van der Waals surface area contributed by atoms with Gasteiger partial charge in [-0.05, 0) is 24.3 Å². The Morgan fingerprint density at radius 3 is 2.67 bits per heavy atom. The third kappa shape index (κ3) is 4.00. The minimum atomic E-state index is -0.820. The fraction of sp³-hybridized carbons (Fsp3) is 0.118. The molecule has 0 saturated carbocycles. The van der Waals surface area contributed by atoms with Crippen LogP contribution < -0.4 is 5.32 Å². The zero-order chi connectivity index (χ0) is 19.6. The highest BCUT2D eigenvalue weighted by Crippen LogP contribution is 2.34. The summed E-state index contributed by atoms with van der Waals surface area (Å²) < 4.78 is 24.4. The number of hydrogen-bond acceptors (Lipinski definition) is 6. The Kier molecular flexibility index (Phi) is 5.84. The van der Waals surface area contributed by atoms with Gasteiger partial charge in [-0.2, -0.15) is 0 Å². The molecule has 2 aromatic heterocycles. The Labute approximate surface area is 168 Å². The molecular weight excluding hydrogens is 420 g/mol. The molecule has 6 nitrogen and oxygen atoms in total. The molecule has 0 atom stereocenters. The van der Waals surface area contributed by atoms with Gasteiger partial charge in [-0.3, -0.25) is 0 Å². The first kappa shape index (κ1) is 19.4. The smallest absolute Gasteiger partial charge is 0.358 e. The molecule has 0 radical (unpaired) electrons. The predicted molar refractivity (Wildman–Crippen MR) is 99.8 cm³/mol. The van der Waals surface area contributed by atoms with Crippen LogP contribution in [0.25, 0.3) is 11.4 Å². The summed E-state index contributed by atoms with van der Waals surface area (Å²) >= 11 is 17.9. The van der Waals surface area contributed by atoms with E-state index in [0.717, 1.165) is 0 Å². The second kappa shape index (κ2) is 8.12. The number of methoxy groups -OCH3 is 1. The van der Waals surface area contributed by atoms with Crippen molar-refractivity contribution in [1.29, 1.82) is 0 Å². The molecule has 0 unspecified atom stereocenters. The lowest BCUT2D eigenvalue weighted by atomic mass is 10.2. The van der Waals surface area contributed by atoms with Crippen LogP contribution in [0.3, 0.4) is 0 Å². The van der Waals surface area contributed by atoms with Crippen molar-refractivity contribution < 1.29 is 18.3 Å². The van der Waals surface area contributed by atoms with Gasteiger partial charge in [-0.1, -0.05) is 34.8 Å². The zero-order valence-electron chi connectivity index (χ0n) is 13.7. The number of aromatic nitrogens is 2. The van der Waals surface area contributed by atoms with Crippen LogP contribution >= 0.6 is 34.8 Å². The van der Waals surface area contributed by atoms with Gasteiger partial charge in [0.25, 0.3) is 0 Å². The minimum absolute atomic E-state index is 0.0382. The Morgan fingerprint density at radius 2 is 2.00 bits per heavy atom. The molecule has 3 rings (SSSR count). The van der Waals surface area contributed by atoms with E-state index in [-0.39, 0.29) is 44.5 Å². The van der Waals surface area contributed by atoms with Crippen molar-refractivity contribution in [3.8, 4) is 11.4 Å². The van der Waals surface area contributed by atoms with Gasteiger partial charge in [-0.15, -0.1) is 0 Å². The van der Waals surface area contributed by atoms with Crippen molar-refractivity contribution in [3.05, 3.63) is 62.9 Å². The SMILES string of the molecule is COC(=O)c1nc(-c2ccc(Cl)c(Cl)c2F)nc(NCc2ccco2)c1Cl. The summed E-state index contributed by atoms with van der Waals surface area (Å²) in [5.41, 5.74) is -0.274. The summed E-state index contributed by atoms with van der Waals surface area (Å²) in [5.74, 6) is -1.03. The molecule has 27 heavy (non-hydrogen) atoms. The molecule has 2 heterocycles. The standard InChI is InChI=1S/C17H11Cl3FN3O3/c1-26-17(25)14-12(20)16(22-7-8-3-2-6-27-8)24-15(23-14)9-4-5-10(18)11(19)13(9)21/h2-6H,7H2,1H3,(H,22,23,24). The molecule has 10 heteroatoms. The molecular formula is C17H11Cl3FN3O3. The molecule has 0 amide bonds. The molecule has 0 aliphatic rings. The average molecular weight is 431 g/mol. The zero-order valence-corrected chi connectivity index (χ0v) is 16.0. The normalized spacial score (nSPS) is 10.7. The van der Waals surface area contributed by atoms with Crippen LogP contribution in [-0.2, 0) is 11.3 Å². The summed E-state index contributed by atoms with van der Waals surface area (Å²) in [5, 5.41) is 2.61. The first-order chi connectivity index (χ1) is 12.9. The number of nitrogens with zero attached hydrogens (tertiary/aromatic N) is 2. The van der Waals surface area contributed by atoms with Crippen LogP contribution in [0, 0.1) is 5.82 Å². The molecule has 1 aromatic carbocycles. The molecule has 140 valence electrons.